The third-order valence-electron chi connectivity index (χ3n) is 3.42. The van der Waals surface area contributed by atoms with Gasteiger partial charge in [0, 0.05) is 12.6 Å². The van der Waals surface area contributed by atoms with Gasteiger partial charge in [-0.2, -0.15) is 9.40 Å². The minimum Gasteiger partial charge on any atom is -0.212 e. The molecule has 0 aliphatic carbocycles. The zero-order valence-electron chi connectivity index (χ0n) is 10.9. The van der Waals surface area contributed by atoms with Gasteiger partial charge in [-0.1, -0.05) is 18.0 Å². The van der Waals surface area contributed by atoms with Gasteiger partial charge in [-0.25, -0.2) is 8.42 Å². The van der Waals surface area contributed by atoms with Crippen molar-refractivity contribution in [1.82, 2.24) is 14.5 Å². The Kier molecular flexibility index (Phi) is 4.76. The standard InChI is InChI=1S/C12H18ClN3O2S/c1-19(17,18)16-9-3-2-4-11(16)7-5-10-6-8-12(13)15-14-10/h6,8,11H,2-5,7,9H2,1H3/t11-/m1/s1. The highest BCUT2D eigenvalue weighted by Gasteiger charge is 2.28. The molecular formula is C12H18ClN3O2S. The molecular weight excluding hydrogens is 286 g/mol. The first-order chi connectivity index (χ1) is 8.97. The van der Waals surface area contributed by atoms with Crippen LogP contribution >= 0.6 is 11.6 Å². The Labute approximate surface area is 119 Å². The summed E-state index contributed by atoms with van der Waals surface area (Å²) in [5, 5.41) is 8.17. The fourth-order valence-corrected chi connectivity index (χ4v) is 3.80. The third-order valence-corrected chi connectivity index (χ3v) is 4.95. The molecule has 0 unspecified atom stereocenters. The molecule has 2 heterocycles. The van der Waals surface area contributed by atoms with E-state index in [9.17, 15) is 8.42 Å². The van der Waals surface area contributed by atoms with E-state index < -0.39 is 10.0 Å². The van der Waals surface area contributed by atoms with E-state index in [0.717, 1.165) is 37.8 Å². The van der Waals surface area contributed by atoms with Crippen molar-refractivity contribution in [1.29, 1.82) is 0 Å². The Morgan fingerprint density at radius 3 is 2.79 bits per heavy atom. The maximum atomic E-state index is 11.7. The fraction of sp³-hybridized carbons (Fsp3) is 0.667. The molecule has 1 fully saturated rings. The average Bonchev–Trinajstić information content (AvgIpc) is 2.37. The van der Waals surface area contributed by atoms with Gasteiger partial charge in [0.15, 0.2) is 5.15 Å². The van der Waals surface area contributed by atoms with E-state index in [0.29, 0.717) is 11.7 Å². The number of aryl methyl sites for hydroxylation is 1. The Morgan fingerprint density at radius 2 is 2.16 bits per heavy atom. The summed E-state index contributed by atoms with van der Waals surface area (Å²) in [6.07, 6.45) is 5.75. The SMILES string of the molecule is CS(=O)(=O)N1CCCC[C@@H]1CCc1ccc(Cl)nn1. The second kappa shape index (κ2) is 6.15. The predicted molar refractivity (Wildman–Crippen MR) is 74.6 cm³/mol. The molecule has 1 aromatic heterocycles. The van der Waals surface area contributed by atoms with Crippen molar-refractivity contribution in [2.45, 2.75) is 38.1 Å². The first-order valence-electron chi connectivity index (χ1n) is 6.42. The normalized spacial score (nSPS) is 21.5. The van der Waals surface area contributed by atoms with Gasteiger partial charge >= 0.3 is 0 Å². The second-order valence-corrected chi connectivity index (χ2v) is 7.23. The number of rotatable bonds is 4. The van der Waals surface area contributed by atoms with Crippen molar-refractivity contribution in [2.75, 3.05) is 12.8 Å². The van der Waals surface area contributed by atoms with Gasteiger partial charge in [0.05, 0.1) is 11.9 Å². The number of nitrogens with zero attached hydrogens (tertiary/aromatic N) is 3. The summed E-state index contributed by atoms with van der Waals surface area (Å²) >= 11 is 5.68. The van der Waals surface area contributed by atoms with Crippen LogP contribution in [0.5, 0.6) is 0 Å². The molecule has 1 aliphatic heterocycles. The molecule has 106 valence electrons. The number of halogens is 1. The van der Waals surface area contributed by atoms with Crippen LogP contribution < -0.4 is 0 Å². The van der Waals surface area contributed by atoms with Crippen LogP contribution in [0.1, 0.15) is 31.4 Å². The Hall–Kier alpha value is -0.720. The molecule has 1 saturated heterocycles. The van der Waals surface area contributed by atoms with Gasteiger partial charge in [-0.15, -0.1) is 5.10 Å². The highest BCUT2D eigenvalue weighted by atomic mass is 35.5. The average molecular weight is 304 g/mol. The van der Waals surface area contributed by atoms with Crippen molar-refractivity contribution >= 4 is 21.6 Å². The van der Waals surface area contributed by atoms with Gasteiger partial charge in [0.25, 0.3) is 0 Å². The molecule has 0 bridgehead atoms. The van der Waals surface area contributed by atoms with Crippen molar-refractivity contribution in [3.63, 3.8) is 0 Å². The third kappa shape index (κ3) is 4.12. The van der Waals surface area contributed by atoms with Crippen LogP contribution in [0.3, 0.4) is 0 Å². The van der Waals surface area contributed by atoms with E-state index >= 15 is 0 Å². The van der Waals surface area contributed by atoms with Gasteiger partial charge in [0.2, 0.25) is 10.0 Å². The number of piperidine rings is 1. The molecule has 2 rings (SSSR count). The van der Waals surface area contributed by atoms with E-state index in [1.165, 1.54) is 6.26 Å². The van der Waals surface area contributed by atoms with Crippen molar-refractivity contribution in [3.05, 3.63) is 23.0 Å². The van der Waals surface area contributed by atoms with E-state index in [1.807, 2.05) is 6.07 Å². The molecule has 1 aliphatic rings. The molecule has 1 atom stereocenters. The minimum atomic E-state index is -3.11. The van der Waals surface area contributed by atoms with Crippen LogP contribution in [0.2, 0.25) is 5.15 Å². The zero-order valence-corrected chi connectivity index (χ0v) is 12.5. The van der Waals surface area contributed by atoms with Crippen LogP contribution in [0.15, 0.2) is 12.1 Å². The van der Waals surface area contributed by atoms with Crippen molar-refractivity contribution < 1.29 is 8.42 Å². The van der Waals surface area contributed by atoms with Crippen LogP contribution in [-0.2, 0) is 16.4 Å². The summed E-state index contributed by atoms with van der Waals surface area (Å²) in [5.74, 6) is 0. The maximum absolute atomic E-state index is 11.7. The quantitative estimate of drug-likeness (QED) is 0.852. The predicted octanol–water partition coefficient (Wildman–Crippen LogP) is 1.88. The van der Waals surface area contributed by atoms with E-state index in [2.05, 4.69) is 10.2 Å². The fourth-order valence-electron chi connectivity index (χ4n) is 2.49. The molecule has 0 N–H and O–H groups in total. The molecule has 5 nitrogen and oxygen atoms in total. The summed E-state index contributed by atoms with van der Waals surface area (Å²) in [6, 6.07) is 3.63. The van der Waals surface area contributed by atoms with Crippen molar-refractivity contribution in [2.24, 2.45) is 0 Å². The Morgan fingerprint density at radius 1 is 1.37 bits per heavy atom. The molecule has 0 aromatic carbocycles. The topological polar surface area (TPSA) is 63.2 Å². The summed E-state index contributed by atoms with van der Waals surface area (Å²) < 4.78 is 25.1. The van der Waals surface area contributed by atoms with Crippen LogP contribution in [-0.4, -0.2) is 41.8 Å². The van der Waals surface area contributed by atoms with Crippen LogP contribution in [0, 0.1) is 0 Å². The number of hydrogen-bond acceptors (Lipinski definition) is 4. The summed E-state index contributed by atoms with van der Waals surface area (Å²) in [6.45, 7) is 0.635. The molecule has 0 saturated carbocycles. The molecule has 1 aromatic rings. The lowest BCUT2D eigenvalue weighted by molar-refractivity contribution is 0.242. The molecule has 0 spiro atoms. The van der Waals surface area contributed by atoms with E-state index in [-0.39, 0.29) is 6.04 Å². The van der Waals surface area contributed by atoms with Gasteiger partial charge < -0.3 is 0 Å². The maximum Gasteiger partial charge on any atom is 0.211 e. The molecule has 19 heavy (non-hydrogen) atoms. The minimum absolute atomic E-state index is 0.0845. The Balaban J connectivity index is 1.98. The molecule has 0 radical (unpaired) electrons. The van der Waals surface area contributed by atoms with E-state index in [1.54, 1.807) is 10.4 Å². The molecule has 7 heteroatoms. The Bertz CT molecular complexity index is 518. The monoisotopic (exact) mass is 303 g/mol. The van der Waals surface area contributed by atoms with Gasteiger partial charge in [0.1, 0.15) is 0 Å². The number of hydrogen-bond donors (Lipinski definition) is 0. The summed E-state index contributed by atoms with van der Waals surface area (Å²) in [5.41, 5.74) is 0.850. The van der Waals surface area contributed by atoms with E-state index in [4.69, 9.17) is 11.6 Å². The summed E-state index contributed by atoms with van der Waals surface area (Å²) in [4.78, 5) is 0. The van der Waals surface area contributed by atoms with Crippen LogP contribution in [0.4, 0.5) is 0 Å². The first-order valence-corrected chi connectivity index (χ1v) is 8.64. The van der Waals surface area contributed by atoms with Gasteiger partial charge in [-0.05, 0) is 37.8 Å². The van der Waals surface area contributed by atoms with Crippen LogP contribution in [0.25, 0.3) is 0 Å². The largest absolute Gasteiger partial charge is 0.212 e. The highest BCUT2D eigenvalue weighted by molar-refractivity contribution is 7.88. The smallest absolute Gasteiger partial charge is 0.211 e. The molecule has 0 amide bonds. The van der Waals surface area contributed by atoms with Gasteiger partial charge in [-0.3, -0.25) is 0 Å². The highest BCUT2D eigenvalue weighted by Crippen LogP contribution is 2.23. The van der Waals surface area contributed by atoms with Crippen molar-refractivity contribution in [3.8, 4) is 0 Å². The lowest BCUT2D eigenvalue weighted by Gasteiger charge is -2.33. The number of aromatic nitrogens is 2. The zero-order chi connectivity index (χ0) is 13.9. The number of sulfonamides is 1. The summed E-state index contributed by atoms with van der Waals surface area (Å²) in [7, 11) is -3.11. The lowest BCUT2D eigenvalue weighted by Crippen LogP contribution is -2.43. The first kappa shape index (κ1) is 14.7. The second-order valence-electron chi connectivity index (χ2n) is 4.91. The lowest BCUT2D eigenvalue weighted by atomic mass is 9.99.